The average molecular weight is 259 g/mol. The minimum Gasteiger partial charge on any atom is -0.310 e. The Labute approximate surface area is 118 Å². The molecule has 1 unspecified atom stereocenters. The summed E-state index contributed by atoms with van der Waals surface area (Å²) in [7, 11) is 0. The van der Waals surface area contributed by atoms with Gasteiger partial charge < -0.3 is 5.32 Å². The quantitative estimate of drug-likeness (QED) is 0.820. The van der Waals surface area contributed by atoms with Gasteiger partial charge in [-0.15, -0.1) is 0 Å². The second kappa shape index (κ2) is 6.56. The van der Waals surface area contributed by atoms with Gasteiger partial charge in [-0.05, 0) is 56.2 Å². The van der Waals surface area contributed by atoms with Crippen LogP contribution in [0.15, 0.2) is 18.2 Å². The topological polar surface area (TPSA) is 12.0 Å². The SMILES string of the molecule is CCNC(c1ccc(C)cc1C)C1CCC(C)CC1. The Hall–Kier alpha value is -0.820. The van der Waals surface area contributed by atoms with Crippen molar-refractivity contribution >= 4 is 0 Å². The standard InChI is InChI=1S/C18H29N/c1-5-19-18(16-9-6-13(2)7-10-16)17-11-8-14(3)12-15(17)4/h8,11-13,16,18-19H,5-7,9-10H2,1-4H3. The maximum absolute atomic E-state index is 3.74. The summed E-state index contributed by atoms with van der Waals surface area (Å²) in [5, 5.41) is 3.74. The third kappa shape index (κ3) is 3.60. The molecule has 19 heavy (non-hydrogen) atoms. The first-order chi connectivity index (χ1) is 9.11. The molecule has 0 aromatic heterocycles. The summed E-state index contributed by atoms with van der Waals surface area (Å²) in [6, 6.07) is 7.48. The van der Waals surface area contributed by atoms with Crippen LogP contribution in [0.1, 0.15) is 62.3 Å². The van der Waals surface area contributed by atoms with Gasteiger partial charge in [0.2, 0.25) is 0 Å². The third-order valence-electron chi connectivity index (χ3n) is 4.72. The van der Waals surface area contributed by atoms with Crippen molar-refractivity contribution in [3.05, 3.63) is 34.9 Å². The molecule has 1 heteroatoms. The predicted octanol–water partition coefficient (Wildman–Crippen LogP) is 4.78. The van der Waals surface area contributed by atoms with Crippen LogP contribution in [-0.2, 0) is 0 Å². The molecule has 0 bridgehead atoms. The van der Waals surface area contributed by atoms with E-state index in [1.165, 1.54) is 42.4 Å². The number of aryl methyl sites for hydroxylation is 2. The summed E-state index contributed by atoms with van der Waals surface area (Å²) in [5.41, 5.74) is 4.34. The number of hydrogen-bond donors (Lipinski definition) is 1. The lowest BCUT2D eigenvalue weighted by Crippen LogP contribution is -2.31. The molecule has 1 N–H and O–H groups in total. The lowest BCUT2D eigenvalue weighted by molar-refractivity contribution is 0.233. The Morgan fingerprint density at radius 3 is 2.42 bits per heavy atom. The van der Waals surface area contributed by atoms with Crippen LogP contribution in [0.5, 0.6) is 0 Å². The van der Waals surface area contributed by atoms with Gasteiger partial charge in [-0.25, -0.2) is 0 Å². The largest absolute Gasteiger partial charge is 0.310 e. The fourth-order valence-corrected chi connectivity index (χ4v) is 3.54. The minimum absolute atomic E-state index is 0.554. The van der Waals surface area contributed by atoms with E-state index in [0.29, 0.717) is 6.04 Å². The van der Waals surface area contributed by atoms with Crippen LogP contribution >= 0.6 is 0 Å². The molecular formula is C18H29N. The summed E-state index contributed by atoms with van der Waals surface area (Å²) in [6.45, 7) is 10.1. The Morgan fingerprint density at radius 2 is 1.84 bits per heavy atom. The van der Waals surface area contributed by atoms with Gasteiger partial charge in [-0.3, -0.25) is 0 Å². The van der Waals surface area contributed by atoms with Crippen molar-refractivity contribution in [3.8, 4) is 0 Å². The molecule has 1 aromatic rings. The minimum atomic E-state index is 0.554. The first-order valence-electron chi connectivity index (χ1n) is 7.92. The van der Waals surface area contributed by atoms with E-state index in [1.807, 2.05) is 0 Å². The number of rotatable bonds is 4. The molecule has 1 aromatic carbocycles. The second-order valence-electron chi connectivity index (χ2n) is 6.42. The molecule has 2 rings (SSSR count). The van der Waals surface area contributed by atoms with Gasteiger partial charge in [0.05, 0.1) is 0 Å². The highest BCUT2D eigenvalue weighted by atomic mass is 14.9. The molecule has 0 saturated heterocycles. The molecule has 106 valence electrons. The Kier molecular flexibility index (Phi) is 5.04. The van der Waals surface area contributed by atoms with E-state index >= 15 is 0 Å². The average Bonchev–Trinajstić information content (AvgIpc) is 2.38. The zero-order valence-corrected chi connectivity index (χ0v) is 13.0. The lowest BCUT2D eigenvalue weighted by Gasteiger charge is -2.34. The zero-order chi connectivity index (χ0) is 13.8. The molecule has 1 saturated carbocycles. The van der Waals surface area contributed by atoms with E-state index in [4.69, 9.17) is 0 Å². The van der Waals surface area contributed by atoms with Crippen molar-refractivity contribution in [1.82, 2.24) is 5.32 Å². The van der Waals surface area contributed by atoms with Crippen LogP contribution in [0.3, 0.4) is 0 Å². The summed E-state index contributed by atoms with van der Waals surface area (Å²) in [4.78, 5) is 0. The molecule has 0 heterocycles. The summed E-state index contributed by atoms with van der Waals surface area (Å²) in [6.07, 6.45) is 5.56. The van der Waals surface area contributed by atoms with Crippen molar-refractivity contribution in [2.24, 2.45) is 11.8 Å². The van der Waals surface area contributed by atoms with Gasteiger partial charge in [-0.2, -0.15) is 0 Å². The highest BCUT2D eigenvalue weighted by Gasteiger charge is 2.27. The van der Waals surface area contributed by atoms with Gasteiger partial charge in [0.1, 0.15) is 0 Å². The molecule has 1 aliphatic rings. The van der Waals surface area contributed by atoms with Gasteiger partial charge in [-0.1, -0.05) is 50.5 Å². The van der Waals surface area contributed by atoms with E-state index in [0.717, 1.165) is 18.4 Å². The van der Waals surface area contributed by atoms with Crippen molar-refractivity contribution in [3.63, 3.8) is 0 Å². The van der Waals surface area contributed by atoms with Crippen LogP contribution in [0.4, 0.5) is 0 Å². The molecule has 1 fully saturated rings. The number of benzene rings is 1. The molecule has 0 radical (unpaired) electrons. The number of nitrogens with one attached hydrogen (secondary N) is 1. The fraction of sp³-hybridized carbons (Fsp3) is 0.667. The molecule has 0 spiro atoms. The van der Waals surface area contributed by atoms with E-state index in [1.54, 1.807) is 0 Å². The van der Waals surface area contributed by atoms with Crippen molar-refractivity contribution in [2.45, 2.75) is 59.4 Å². The zero-order valence-electron chi connectivity index (χ0n) is 13.0. The predicted molar refractivity (Wildman–Crippen MR) is 83.5 cm³/mol. The van der Waals surface area contributed by atoms with Crippen molar-refractivity contribution in [2.75, 3.05) is 6.54 Å². The maximum Gasteiger partial charge on any atom is 0.0351 e. The Morgan fingerprint density at radius 1 is 1.16 bits per heavy atom. The van der Waals surface area contributed by atoms with E-state index in [-0.39, 0.29) is 0 Å². The van der Waals surface area contributed by atoms with Crippen LogP contribution in [0.2, 0.25) is 0 Å². The Balaban J connectivity index is 2.19. The normalized spacial score (nSPS) is 25.3. The van der Waals surface area contributed by atoms with Gasteiger partial charge in [0.25, 0.3) is 0 Å². The van der Waals surface area contributed by atoms with Gasteiger partial charge in [0.15, 0.2) is 0 Å². The monoisotopic (exact) mass is 259 g/mol. The van der Waals surface area contributed by atoms with Gasteiger partial charge >= 0.3 is 0 Å². The summed E-state index contributed by atoms with van der Waals surface area (Å²) >= 11 is 0. The fourth-order valence-electron chi connectivity index (χ4n) is 3.54. The highest BCUT2D eigenvalue weighted by molar-refractivity contribution is 5.33. The van der Waals surface area contributed by atoms with Gasteiger partial charge in [0, 0.05) is 6.04 Å². The van der Waals surface area contributed by atoms with Crippen LogP contribution < -0.4 is 5.32 Å². The molecule has 1 aliphatic carbocycles. The van der Waals surface area contributed by atoms with E-state index in [2.05, 4.69) is 51.2 Å². The maximum atomic E-state index is 3.74. The van der Waals surface area contributed by atoms with Crippen LogP contribution in [0.25, 0.3) is 0 Å². The summed E-state index contributed by atoms with van der Waals surface area (Å²) in [5.74, 6) is 1.75. The van der Waals surface area contributed by atoms with Crippen LogP contribution in [0, 0.1) is 25.7 Å². The van der Waals surface area contributed by atoms with E-state index in [9.17, 15) is 0 Å². The second-order valence-corrected chi connectivity index (χ2v) is 6.42. The summed E-state index contributed by atoms with van der Waals surface area (Å²) < 4.78 is 0. The lowest BCUT2D eigenvalue weighted by atomic mass is 9.76. The smallest absolute Gasteiger partial charge is 0.0351 e. The Bertz CT molecular complexity index is 402. The highest BCUT2D eigenvalue weighted by Crippen LogP contribution is 2.37. The van der Waals surface area contributed by atoms with E-state index < -0.39 is 0 Å². The first kappa shape index (κ1) is 14.6. The van der Waals surface area contributed by atoms with Crippen molar-refractivity contribution < 1.29 is 0 Å². The molecule has 1 atom stereocenters. The number of hydrogen-bond acceptors (Lipinski definition) is 1. The third-order valence-corrected chi connectivity index (χ3v) is 4.72. The first-order valence-corrected chi connectivity index (χ1v) is 7.92. The molecular weight excluding hydrogens is 230 g/mol. The molecule has 1 nitrogen and oxygen atoms in total. The van der Waals surface area contributed by atoms with Crippen LogP contribution in [-0.4, -0.2) is 6.54 Å². The van der Waals surface area contributed by atoms with Crippen molar-refractivity contribution in [1.29, 1.82) is 0 Å². The molecule has 0 amide bonds. The molecule has 0 aliphatic heterocycles.